The Morgan fingerprint density at radius 2 is 2.07 bits per heavy atom. The molecule has 0 spiro atoms. The Morgan fingerprint density at radius 3 is 2.50 bits per heavy atom. The molecule has 4 heteroatoms. The van der Waals surface area contributed by atoms with Gasteiger partial charge in [0.25, 0.3) is 0 Å². The molecule has 0 aromatic rings. The van der Waals surface area contributed by atoms with Crippen LogP contribution < -0.4 is 5.32 Å². The zero-order valence-electron chi connectivity index (χ0n) is 8.73. The van der Waals surface area contributed by atoms with Gasteiger partial charge in [-0.3, -0.25) is 4.79 Å². The monoisotopic (exact) mass is 201 g/mol. The smallest absolute Gasteiger partial charge is 0.307 e. The second-order valence-corrected chi connectivity index (χ2v) is 4.32. The summed E-state index contributed by atoms with van der Waals surface area (Å²) < 4.78 is 0. The number of carbonyl (C=O) groups is 1. The highest BCUT2D eigenvalue weighted by molar-refractivity contribution is 5.70. The molecule has 0 aromatic heterocycles. The lowest BCUT2D eigenvalue weighted by atomic mass is 9.82. The van der Waals surface area contributed by atoms with Crippen LogP contribution in [0.4, 0.5) is 0 Å². The van der Waals surface area contributed by atoms with E-state index in [4.69, 9.17) is 10.2 Å². The molecule has 0 heterocycles. The van der Waals surface area contributed by atoms with Crippen molar-refractivity contribution in [3.05, 3.63) is 0 Å². The zero-order valence-corrected chi connectivity index (χ0v) is 8.73. The average molecular weight is 201 g/mol. The van der Waals surface area contributed by atoms with E-state index in [1.54, 1.807) is 6.92 Å². The highest BCUT2D eigenvalue weighted by Gasteiger charge is 2.28. The van der Waals surface area contributed by atoms with Gasteiger partial charge in [-0.25, -0.2) is 0 Å². The van der Waals surface area contributed by atoms with Crippen LogP contribution in [0.2, 0.25) is 0 Å². The van der Waals surface area contributed by atoms with E-state index in [9.17, 15) is 4.79 Å². The molecular formula is C10H19NO3. The fraction of sp³-hybridized carbons (Fsp3) is 0.900. The van der Waals surface area contributed by atoms with Crippen LogP contribution in [0, 0.1) is 11.8 Å². The van der Waals surface area contributed by atoms with Crippen molar-refractivity contribution >= 4 is 5.97 Å². The van der Waals surface area contributed by atoms with Gasteiger partial charge in [-0.1, -0.05) is 6.92 Å². The van der Waals surface area contributed by atoms with E-state index < -0.39 is 5.97 Å². The maximum Gasteiger partial charge on any atom is 0.307 e. The van der Waals surface area contributed by atoms with Crippen LogP contribution in [0.1, 0.15) is 26.7 Å². The van der Waals surface area contributed by atoms with Gasteiger partial charge in [0.2, 0.25) is 0 Å². The Labute approximate surface area is 84.3 Å². The van der Waals surface area contributed by atoms with Crippen LogP contribution in [-0.4, -0.2) is 34.9 Å². The van der Waals surface area contributed by atoms with Gasteiger partial charge >= 0.3 is 5.97 Å². The average Bonchev–Trinajstić information content (AvgIpc) is 2.08. The third-order valence-corrected chi connectivity index (χ3v) is 3.08. The molecule has 1 saturated carbocycles. The standard InChI is InChI=1S/C10H19NO3/c1-6(10(13)14)7(2)11-5-8-3-9(12)4-8/h6-9,11-12H,3-5H2,1-2H3,(H,13,14). The van der Waals surface area contributed by atoms with E-state index >= 15 is 0 Å². The molecule has 1 aliphatic rings. The lowest BCUT2D eigenvalue weighted by molar-refractivity contribution is -0.142. The number of aliphatic carboxylic acids is 1. The lowest BCUT2D eigenvalue weighted by Gasteiger charge is -2.33. The highest BCUT2D eigenvalue weighted by Crippen LogP contribution is 2.26. The van der Waals surface area contributed by atoms with Crippen molar-refractivity contribution in [2.45, 2.75) is 38.8 Å². The van der Waals surface area contributed by atoms with Gasteiger partial charge in [0, 0.05) is 6.04 Å². The van der Waals surface area contributed by atoms with Crippen molar-refractivity contribution in [3.63, 3.8) is 0 Å². The van der Waals surface area contributed by atoms with E-state index in [2.05, 4.69) is 5.32 Å². The third-order valence-electron chi connectivity index (χ3n) is 3.08. The molecular weight excluding hydrogens is 182 g/mol. The molecule has 82 valence electrons. The summed E-state index contributed by atoms with van der Waals surface area (Å²) in [6.45, 7) is 4.40. The predicted molar refractivity (Wildman–Crippen MR) is 53.0 cm³/mol. The molecule has 0 radical (unpaired) electrons. The minimum Gasteiger partial charge on any atom is -0.481 e. The van der Waals surface area contributed by atoms with E-state index in [0.29, 0.717) is 5.92 Å². The predicted octanol–water partition coefficient (Wildman–Crippen LogP) is 0.456. The van der Waals surface area contributed by atoms with Gasteiger partial charge < -0.3 is 15.5 Å². The first kappa shape index (κ1) is 11.5. The second-order valence-electron chi connectivity index (χ2n) is 4.32. The summed E-state index contributed by atoms with van der Waals surface area (Å²) in [6, 6.07) is -0.00903. The van der Waals surface area contributed by atoms with Crippen molar-refractivity contribution in [1.29, 1.82) is 0 Å². The number of rotatable bonds is 5. The van der Waals surface area contributed by atoms with Crippen molar-refractivity contribution in [2.75, 3.05) is 6.54 Å². The first-order valence-electron chi connectivity index (χ1n) is 5.15. The van der Waals surface area contributed by atoms with Crippen LogP contribution >= 0.6 is 0 Å². The third kappa shape index (κ3) is 2.96. The fourth-order valence-corrected chi connectivity index (χ4v) is 1.61. The minimum absolute atomic E-state index is 0.00903. The van der Waals surface area contributed by atoms with Crippen LogP contribution in [0.5, 0.6) is 0 Å². The fourth-order valence-electron chi connectivity index (χ4n) is 1.61. The Bertz CT molecular complexity index is 202. The number of aliphatic hydroxyl groups excluding tert-OH is 1. The molecule has 1 rings (SSSR count). The molecule has 4 nitrogen and oxygen atoms in total. The van der Waals surface area contributed by atoms with Gasteiger partial charge in [0.15, 0.2) is 0 Å². The number of carboxylic acids is 1. The number of carboxylic acid groups (broad SMARTS) is 1. The Kier molecular flexibility index (Phi) is 3.89. The maximum atomic E-state index is 10.6. The van der Waals surface area contributed by atoms with Gasteiger partial charge in [0.1, 0.15) is 0 Å². The summed E-state index contributed by atoms with van der Waals surface area (Å²) in [6.07, 6.45) is 1.57. The first-order chi connectivity index (χ1) is 6.50. The molecule has 3 N–H and O–H groups in total. The second kappa shape index (κ2) is 4.75. The number of hydrogen-bond acceptors (Lipinski definition) is 3. The molecule has 0 aliphatic heterocycles. The summed E-state index contributed by atoms with van der Waals surface area (Å²) in [7, 11) is 0. The van der Waals surface area contributed by atoms with E-state index in [1.807, 2.05) is 6.92 Å². The van der Waals surface area contributed by atoms with E-state index in [1.165, 1.54) is 0 Å². The molecule has 1 fully saturated rings. The maximum absolute atomic E-state index is 10.6. The van der Waals surface area contributed by atoms with E-state index in [-0.39, 0.29) is 18.1 Å². The van der Waals surface area contributed by atoms with Crippen LogP contribution in [0.3, 0.4) is 0 Å². The molecule has 0 bridgehead atoms. The zero-order chi connectivity index (χ0) is 10.7. The van der Waals surface area contributed by atoms with Crippen LogP contribution in [0.25, 0.3) is 0 Å². The SMILES string of the molecule is CC(NCC1CC(O)C1)C(C)C(=O)O. The van der Waals surface area contributed by atoms with Crippen LogP contribution in [0.15, 0.2) is 0 Å². The lowest BCUT2D eigenvalue weighted by Crippen LogP contribution is -2.42. The van der Waals surface area contributed by atoms with Crippen molar-refractivity contribution in [2.24, 2.45) is 11.8 Å². The Balaban J connectivity index is 2.14. The summed E-state index contributed by atoms with van der Waals surface area (Å²) in [5, 5.41) is 21.0. The molecule has 2 atom stereocenters. The molecule has 14 heavy (non-hydrogen) atoms. The highest BCUT2D eigenvalue weighted by atomic mass is 16.4. The summed E-state index contributed by atoms with van der Waals surface area (Å²) in [5.74, 6) is -0.605. The van der Waals surface area contributed by atoms with Gasteiger partial charge in [0.05, 0.1) is 12.0 Å². The molecule has 2 unspecified atom stereocenters. The summed E-state index contributed by atoms with van der Waals surface area (Å²) >= 11 is 0. The number of nitrogens with one attached hydrogen (secondary N) is 1. The van der Waals surface area contributed by atoms with Gasteiger partial charge in [-0.15, -0.1) is 0 Å². The molecule has 1 aliphatic carbocycles. The normalized spacial score (nSPS) is 30.5. The summed E-state index contributed by atoms with van der Waals surface area (Å²) in [4.78, 5) is 10.6. The molecule has 0 saturated heterocycles. The first-order valence-corrected chi connectivity index (χ1v) is 5.15. The van der Waals surface area contributed by atoms with Crippen molar-refractivity contribution in [1.82, 2.24) is 5.32 Å². The Hall–Kier alpha value is -0.610. The van der Waals surface area contributed by atoms with Crippen LogP contribution in [-0.2, 0) is 4.79 Å². The van der Waals surface area contributed by atoms with Crippen molar-refractivity contribution < 1.29 is 15.0 Å². The Morgan fingerprint density at radius 1 is 1.50 bits per heavy atom. The molecule has 0 aromatic carbocycles. The van der Waals surface area contributed by atoms with E-state index in [0.717, 1.165) is 19.4 Å². The minimum atomic E-state index is -0.765. The topological polar surface area (TPSA) is 69.6 Å². The van der Waals surface area contributed by atoms with Gasteiger partial charge in [-0.05, 0) is 32.2 Å². The number of hydrogen-bond donors (Lipinski definition) is 3. The van der Waals surface area contributed by atoms with Crippen molar-refractivity contribution in [3.8, 4) is 0 Å². The number of aliphatic hydroxyl groups is 1. The largest absolute Gasteiger partial charge is 0.481 e. The van der Waals surface area contributed by atoms with Gasteiger partial charge in [-0.2, -0.15) is 0 Å². The summed E-state index contributed by atoms with van der Waals surface area (Å²) in [5.41, 5.74) is 0. The molecule has 0 amide bonds. The quantitative estimate of drug-likeness (QED) is 0.604.